The zero-order valence-electron chi connectivity index (χ0n) is 17.0. The molecule has 3 aromatic carbocycles. The zero-order valence-corrected chi connectivity index (χ0v) is 17.8. The smallest absolute Gasteiger partial charge is 0.257 e. The maximum Gasteiger partial charge on any atom is 0.257 e. The topological polar surface area (TPSA) is 60.5 Å². The molecular formula is C24H22N2O3S. The minimum Gasteiger partial charge on any atom is -0.497 e. The molecule has 0 fully saturated rings. The molecular weight excluding hydrogens is 396 g/mol. The van der Waals surface area contributed by atoms with Crippen LogP contribution in [-0.2, 0) is 0 Å². The number of methoxy groups -OCH3 is 2. The predicted molar refractivity (Wildman–Crippen MR) is 121 cm³/mol. The van der Waals surface area contributed by atoms with Crippen LogP contribution in [-0.4, -0.2) is 25.1 Å². The van der Waals surface area contributed by atoms with Crippen molar-refractivity contribution in [3.8, 4) is 11.5 Å². The van der Waals surface area contributed by atoms with E-state index in [4.69, 9.17) is 9.47 Å². The van der Waals surface area contributed by atoms with Gasteiger partial charge in [-0.05, 0) is 53.6 Å². The quantitative estimate of drug-likeness (QED) is 0.435. The number of thiazole rings is 1. The first-order chi connectivity index (χ1) is 14.6. The number of nitrogens with zero attached hydrogens (tertiary/aromatic N) is 1. The third kappa shape index (κ3) is 4.14. The number of amides is 1. The van der Waals surface area contributed by atoms with Crippen molar-refractivity contribution in [1.82, 2.24) is 4.98 Å². The minimum atomic E-state index is -0.176. The summed E-state index contributed by atoms with van der Waals surface area (Å²) in [5.74, 6) is 1.57. The summed E-state index contributed by atoms with van der Waals surface area (Å²) in [6.45, 7) is 2.12. The van der Waals surface area contributed by atoms with Crippen LogP contribution in [0.1, 0.15) is 34.3 Å². The lowest BCUT2D eigenvalue weighted by molar-refractivity contribution is 0.102. The SMILES string of the molecule is COc1ccc(C(C)c2cccc(C(=O)Nc3nc4ccc(OC)cc4s3)c2)cc1. The number of carbonyl (C=O) groups excluding carboxylic acids is 1. The molecule has 6 heteroatoms. The number of carbonyl (C=O) groups is 1. The van der Waals surface area contributed by atoms with E-state index >= 15 is 0 Å². The van der Waals surface area contributed by atoms with Gasteiger partial charge in [-0.3, -0.25) is 10.1 Å². The van der Waals surface area contributed by atoms with Crippen molar-refractivity contribution in [1.29, 1.82) is 0 Å². The number of anilines is 1. The summed E-state index contributed by atoms with van der Waals surface area (Å²) < 4.78 is 11.4. The van der Waals surface area contributed by atoms with Gasteiger partial charge in [0.25, 0.3) is 5.91 Å². The first-order valence-corrected chi connectivity index (χ1v) is 10.4. The molecule has 1 heterocycles. The van der Waals surface area contributed by atoms with Crippen LogP contribution in [0.3, 0.4) is 0 Å². The Morgan fingerprint density at radius 1 is 0.933 bits per heavy atom. The molecule has 1 amide bonds. The summed E-state index contributed by atoms with van der Waals surface area (Å²) in [6, 6.07) is 21.3. The fourth-order valence-corrected chi connectivity index (χ4v) is 4.18. The Kier molecular flexibility index (Phi) is 5.68. The van der Waals surface area contributed by atoms with E-state index in [-0.39, 0.29) is 11.8 Å². The van der Waals surface area contributed by atoms with E-state index in [2.05, 4.69) is 17.2 Å². The molecule has 1 atom stereocenters. The molecule has 0 bridgehead atoms. The first kappa shape index (κ1) is 19.9. The van der Waals surface area contributed by atoms with E-state index in [1.807, 2.05) is 66.7 Å². The number of hydrogen-bond donors (Lipinski definition) is 1. The number of benzene rings is 3. The first-order valence-electron chi connectivity index (χ1n) is 9.57. The van der Waals surface area contributed by atoms with Gasteiger partial charge in [0.2, 0.25) is 0 Å². The molecule has 0 saturated carbocycles. The van der Waals surface area contributed by atoms with Crippen molar-refractivity contribution in [2.75, 3.05) is 19.5 Å². The minimum absolute atomic E-state index is 0.151. The molecule has 0 aliphatic carbocycles. The highest BCUT2D eigenvalue weighted by atomic mass is 32.1. The summed E-state index contributed by atoms with van der Waals surface area (Å²) in [7, 11) is 3.28. The highest BCUT2D eigenvalue weighted by molar-refractivity contribution is 7.22. The number of hydrogen-bond acceptors (Lipinski definition) is 5. The molecule has 0 spiro atoms. The second kappa shape index (κ2) is 8.55. The molecule has 4 rings (SSSR count). The molecule has 4 aromatic rings. The Morgan fingerprint density at radius 2 is 1.67 bits per heavy atom. The fourth-order valence-electron chi connectivity index (χ4n) is 3.29. The highest BCUT2D eigenvalue weighted by Gasteiger charge is 2.14. The van der Waals surface area contributed by atoms with Gasteiger partial charge >= 0.3 is 0 Å². The van der Waals surface area contributed by atoms with Gasteiger partial charge in [-0.15, -0.1) is 0 Å². The molecule has 1 aromatic heterocycles. The largest absolute Gasteiger partial charge is 0.497 e. The van der Waals surface area contributed by atoms with Crippen molar-refractivity contribution < 1.29 is 14.3 Å². The Bertz CT molecular complexity index is 1180. The van der Waals surface area contributed by atoms with Crippen LogP contribution in [0.4, 0.5) is 5.13 Å². The van der Waals surface area contributed by atoms with Crippen LogP contribution in [0.2, 0.25) is 0 Å². The molecule has 1 N–H and O–H groups in total. The number of ether oxygens (including phenoxy) is 2. The summed E-state index contributed by atoms with van der Waals surface area (Å²) >= 11 is 1.43. The summed E-state index contributed by atoms with van der Waals surface area (Å²) in [6.07, 6.45) is 0. The van der Waals surface area contributed by atoms with Gasteiger partial charge in [-0.25, -0.2) is 4.98 Å². The standard InChI is InChI=1S/C24H22N2O3S/c1-15(16-7-9-19(28-2)10-8-16)17-5-4-6-18(13-17)23(27)26-24-25-21-12-11-20(29-3)14-22(21)30-24/h4-15H,1-3H3,(H,25,26,27). The van der Waals surface area contributed by atoms with E-state index in [0.29, 0.717) is 10.7 Å². The van der Waals surface area contributed by atoms with Gasteiger partial charge in [-0.1, -0.05) is 42.5 Å². The molecule has 0 aliphatic heterocycles. The third-order valence-corrected chi connectivity index (χ3v) is 6.01. The van der Waals surface area contributed by atoms with Crippen LogP contribution in [0.15, 0.2) is 66.7 Å². The normalized spacial score (nSPS) is 11.8. The maximum atomic E-state index is 12.8. The average Bonchev–Trinajstić information content (AvgIpc) is 3.20. The van der Waals surface area contributed by atoms with Gasteiger partial charge < -0.3 is 9.47 Å². The second-order valence-corrected chi connectivity index (χ2v) is 7.96. The van der Waals surface area contributed by atoms with Crippen molar-refractivity contribution in [3.05, 3.63) is 83.4 Å². The number of fused-ring (bicyclic) bond motifs is 1. The van der Waals surface area contributed by atoms with Crippen LogP contribution in [0.25, 0.3) is 10.2 Å². The van der Waals surface area contributed by atoms with Gasteiger partial charge in [0.1, 0.15) is 11.5 Å². The summed E-state index contributed by atoms with van der Waals surface area (Å²) in [5.41, 5.74) is 3.66. The van der Waals surface area contributed by atoms with E-state index in [9.17, 15) is 4.79 Å². The Labute approximate surface area is 179 Å². The summed E-state index contributed by atoms with van der Waals surface area (Å²) in [5, 5.41) is 3.48. The Hall–Kier alpha value is -3.38. The molecule has 1 unspecified atom stereocenters. The molecule has 0 radical (unpaired) electrons. The lowest BCUT2D eigenvalue weighted by Crippen LogP contribution is -2.12. The van der Waals surface area contributed by atoms with E-state index in [1.165, 1.54) is 11.3 Å². The monoisotopic (exact) mass is 418 g/mol. The van der Waals surface area contributed by atoms with Crippen LogP contribution >= 0.6 is 11.3 Å². The van der Waals surface area contributed by atoms with Crippen molar-refractivity contribution in [2.45, 2.75) is 12.8 Å². The van der Waals surface area contributed by atoms with Crippen LogP contribution in [0.5, 0.6) is 11.5 Å². The molecule has 0 aliphatic rings. The number of rotatable bonds is 6. The average molecular weight is 419 g/mol. The molecule has 0 saturated heterocycles. The Morgan fingerprint density at radius 3 is 2.40 bits per heavy atom. The second-order valence-electron chi connectivity index (χ2n) is 6.93. The molecule has 5 nitrogen and oxygen atoms in total. The van der Waals surface area contributed by atoms with Crippen LogP contribution < -0.4 is 14.8 Å². The van der Waals surface area contributed by atoms with Gasteiger partial charge in [0.15, 0.2) is 5.13 Å². The lowest BCUT2D eigenvalue weighted by atomic mass is 9.92. The summed E-state index contributed by atoms with van der Waals surface area (Å²) in [4.78, 5) is 17.3. The highest BCUT2D eigenvalue weighted by Crippen LogP contribution is 2.30. The zero-order chi connectivity index (χ0) is 21.1. The van der Waals surface area contributed by atoms with Crippen molar-refractivity contribution in [2.24, 2.45) is 0 Å². The number of nitrogens with one attached hydrogen (secondary N) is 1. The lowest BCUT2D eigenvalue weighted by Gasteiger charge is -2.14. The van der Waals surface area contributed by atoms with Crippen molar-refractivity contribution in [3.63, 3.8) is 0 Å². The van der Waals surface area contributed by atoms with E-state index in [0.717, 1.165) is 32.8 Å². The molecule has 152 valence electrons. The fraction of sp³-hybridized carbons (Fsp3) is 0.167. The van der Waals surface area contributed by atoms with Gasteiger partial charge in [0, 0.05) is 11.5 Å². The molecule has 30 heavy (non-hydrogen) atoms. The predicted octanol–water partition coefficient (Wildman–Crippen LogP) is 5.72. The van der Waals surface area contributed by atoms with Crippen LogP contribution in [0, 0.1) is 0 Å². The Balaban J connectivity index is 1.53. The van der Waals surface area contributed by atoms with Gasteiger partial charge in [0.05, 0.1) is 24.4 Å². The third-order valence-electron chi connectivity index (χ3n) is 5.08. The van der Waals surface area contributed by atoms with Crippen molar-refractivity contribution >= 4 is 32.6 Å². The van der Waals surface area contributed by atoms with Gasteiger partial charge in [-0.2, -0.15) is 0 Å². The van der Waals surface area contributed by atoms with E-state index < -0.39 is 0 Å². The maximum absolute atomic E-state index is 12.8. The number of aromatic nitrogens is 1. The van der Waals surface area contributed by atoms with E-state index in [1.54, 1.807) is 14.2 Å².